The molecule has 12 heavy (non-hydrogen) atoms. The molecule has 0 atom stereocenters. The van der Waals surface area contributed by atoms with Crippen molar-refractivity contribution in [2.45, 2.75) is 6.92 Å². The first-order valence-corrected chi connectivity index (χ1v) is 6.29. The number of hydrogen-bond acceptors (Lipinski definition) is 3. The van der Waals surface area contributed by atoms with Crippen molar-refractivity contribution in [1.29, 1.82) is 0 Å². The zero-order chi connectivity index (χ0) is 8.97. The van der Waals surface area contributed by atoms with E-state index in [9.17, 15) is 4.79 Å². The third kappa shape index (κ3) is 3.22. The van der Waals surface area contributed by atoms with Crippen LogP contribution in [-0.2, 0) is 35.8 Å². The minimum atomic E-state index is -0.339. The van der Waals surface area contributed by atoms with Crippen LogP contribution < -0.4 is 8.55 Å². The predicted molar refractivity (Wildman–Crippen MR) is 41.5 cm³/mol. The van der Waals surface area contributed by atoms with Crippen molar-refractivity contribution < 1.29 is 35.8 Å². The van der Waals surface area contributed by atoms with Crippen LogP contribution in [0.2, 0.25) is 0 Å². The molecule has 0 bridgehead atoms. The Morgan fingerprint density at radius 2 is 2.00 bits per heavy atom. The van der Waals surface area contributed by atoms with Crippen molar-refractivity contribution in [3.05, 3.63) is 24.3 Å². The van der Waals surface area contributed by atoms with E-state index in [-0.39, 0.29) is 5.97 Å². The van der Waals surface area contributed by atoms with Crippen LogP contribution in [0.25, 0.3) is 0 Å². The Morgan fingerprint density at radius 1 is 1.42 bits per heavy atom. The second-order valence-corrected chi connectivity index (χ2v) is 5.57. The van der Waals surface area contributed by atoms with Gasteiger partial charge in [0, 0.05) is 0 Å². The number of hydrogen-bond donors (Lipinski definition) is 1. The van der Waals surface area contributed by atoms with Gasteiger partial charge in [-0.1, -0.05) is 0 Å². The van der Waals surface area contributed by atoms with Gasteiger partial charge in [-0.25, -0.2) is 0 Å². The van der Waals surface area contributed by atoms with Crippen LogP contribution in [0.1, 0.15) is 6.92 Å². The van der Waals surface area contributed by atoms with Gasteiger partial charge in [-0.05, 0) is 0 Å². The van der Waals surface area contributed by atoms with E-state index in [0.717, 1.165) is 5.69 Å². The van der Waals surface area contributed by atoms with Crippen LogP contribution in [0.4, 0.5) is 5.69 Å². The first kappa shape index (κ1) is 9.51. The van der Waals surface area contributed by atoms with Crippen molar-refractivity contribution >= 4 is 14.7 Å². The van der Waals surface area contributed by atoms with Crippen LogP contribution in [0, 0.1) is 0 Å². The summed E-state index contributed by atoms with van der Waals surface area (Å²) in [5.74, 6) is -0.339. The van der Waals surface area contributed by atoms with E-state index in [1.807, 2.05) is 24.3 Å². The molecule has 59 valence electrons. The molecule has 4 heteroatoms. The third-order valence-electron chi connectivity index (χ3n) is 1.27. The van der Waals surface area contributed by atoms with Crippen molar-refractivity contribution in [3.63, 3.8) is 0 Å². The maximum atomic E-state index is 10.4. The Labute approximate surface area is 87.0 Å². The summed E-state index contributed by atoms with van der Waals surface area (Å²) in [5.41, 5.74) is 3.35. The van der Waals surface area contributed by atoms with Crippen LogP contribution in [0.5, 0.6) is 0 Å². The average Bonchev–Trinajstić information content (AvgIpc) is 2.03. The molecule has 1 aromatic rings. The van der Waals surface area contributed by atoms with E-state index in [1.54, 1.807) is 0 Å². The van der Waals surface area contributed by atoms with E-state index in [1.165, 1.54) is 10.00 Å². The van der Waals surface area contributed by atoms with Gasteiger partial charge in [0.1, 0.15) is 0 Å². The van der Waals surface area contributed by atoms with E-state index in [2.05, 4.69) is 10.3 Å². The fourth-order valence-electron chi connectivity index (χ4n) is 0.704. The van der Waals surface area contributed by atoms with Gasteiger partial charge < -0.3 is 0 Å². The average molecular weight is 351 g/mol. The fraction of sp³-hybridized carbons (Fsp3) is 0.125. The number of anilines is 1. The molecule has 1 rings (SSSR count). The van der Waals surface area contributed by atoms with Gasteiger partial charge >= 0.3 is 87.2 Å². The second-order valence-electron chi connectivity index (χ2n) is 2.39. The van der Waals surface area contributed by atoms with Crippen LogP contribution in [-0.4, -0.2) is 5.97 Å². The quantitative estimate of drug-likeness (QED) is 0.632. The molecule has 0 aliphatic carbocycles. The van der Waals surface area contributed by atoms with Gasteiger partial charge in [-0.2, -0.15) is 0 Å². The van der Waals surface area contributed by atoms with Crippen LogP contribution >= 0.6 is 0 Å². The normalized spacial score (nSPS) is 9.25. The molecule has 0 aliphatic rings. The molecule has 0 spiro atoms. The minimum absolute atomic E-state index is 0.339. The summed E-state index contributed by atoms with van der Waals surface area (Å²) in [4.78, 5) is 15.0. The van der Waals surface area contributed by atoms with E-state index in [4.69, 9.17) is 0 Å². The fourth-order valence-corrected chi connectivity index (χ4v) is 1.62. The number of carbonyl (C=O) groups is 1. The first-order valence-electron chi connectivity index (χ1n) is 3.54. The number of benzene rings is 1. The second kappa shape index (κ2) is 4.45. The third-order valence-corrected chi connectivity index (χ3v) is 3.10. The zero-order valence-corrected chi connectivity index (χ0v) is 12.3. The van der Waals surface area contributed by atoms with E-state index >= 15 is 0 Å². The molecular weight excluding hydrogens is 343 g/mol. The Bertz CT molecular complexity index is 271. The van der Waals surface area contributed by atoms with Crippen molar-refractivity contribution in [3.8, 4) is 0 Å². The van der Waals surface area contributed by atoms with E-state index < -0.39 is 0 Å². The molecule has 0 unspecified atom stereocenters. The van der Waals surface area contributed by atoms with Gasteiger partial charge in [-0.15, -0.1) is 0 Å². The van der Waals surface area contributed by atoms with Gasteiger partial charge in [0.2, 0.25) is 0 Å². The van der Waals surface area contributed by atoms with Crippen LogP contribution in [0.3, 0.4) is 0 Å². The van der Waals surface area contributed by atoms with Gasteiger partial charge in [-0.3, -0.25) is 0 Å². The summed E-state index contributed by atoms with van der Waals surface area (Å²) in [7, 11) is 0. The molecule has 3 nitrogen and oxygen atoms in total. The molecule has 0 amide bonds. The van der Waals surface area contributed by atoms with Gasteiger partial charge in [0.15, 0.2) is 0 Å². The molecule has 1 N–H and O–H groups in total. The molecule has 0 fully saturated rings. The summed E-state index contributed by atoms with van der Waals surface area (Å²) in [5, 5.41) is 0. The molecule has 0 saturated carbocycles. The van der Waals surface area contributed by atoms with Crippen molar-refractivity contribution in [2.75, 3.05) is 5.48 Å². The predicted octanol–water partition coefficient (Wildman–Crippen LogP) is 0.749. The maximum absolute atomic E-state index is 10.4. The zero-order valence-electron chi connectivity index (χ0n) is 6.83. The van der Waals surface area contributed by atoms with Gasteiger partial charge in [0.25, 0.3) is 0 Å². The molecule has 0 heterocycles. The summed E-state index contributed by atoms with van der Waals surface area (Å²) in [6.07, 6.45) is 0. The first-order chi connectivity index (χ1) is 5.68. The van der Waals surface area contributed by atoms with Crippen LogP contribution in [0.15, 0.2) is 24.3 Å². The molecule has 0 aromatic heterocycles. The number of nitrogens with one attached hydrogen (secondary N) is 1. The summed E-state index contributed by atoms with van der Waals surface area (Å²) < 4.78 is 1.36. The van der Waals surface area contributed by atoms with E-state index in [0.29, 0.717) is 26.1 Å². The van der Waals surface area contributed by atoms with Gasteiger partial charge in [0.05, 0.1) is 0 Å². The summed E-state index contributed by atoms with van der Waals surface area (Å²) >= 11 is 0.653. The van der Waals surface area contributed by atoms with Crippen molar-refractivity contribution in [2.24, 2.45) is 0 Å². The Balaban J connectivity index is 2.53. The molecule has 1 aromatic carbocycles. The monoisotopic (exact) mass is 352 g/mol. The standard InChI is InChI=1S/C8H8NO2.Hg/c1-7(10)11-9-8-5-3-2-4-6-8;/h3-6,9H,1H3;. The molecule has 0 aliphatic heterocycles. The molecule has 0 radical (unpaired) electrons. The van der Waals surface area contributed by atoms with Crippen molar-refractivity contribution in [1.82, 2.24) is 0 Å². The summed E-state index contributed by atoms with van der Waals surface area (Å²) in [6, 6.07) is 7.83. The summed E-state index contributed by atoms with van der Waals surface area (Å²) in [6.45, 7) is 1.36. The SMILES string of the molecule is CC(=O)ONc1cc[c]([Hg])cc1. The Morgan fingerprint density at radius 3 is 2.50 bits per heavy atom. The topological polar surface area (TPSA) is 38.3 Å². The Hall–Kier alpha value is -0.575. The molecular formula is C8H8HgNO2. The molecule has 0 saturated heterocycles. The number of carbonyl (C=O) groups excluding carboxylic acids is 1. The Kier molecular flexibility index (Phi) is 3.53. The number of rotatable bonds is 2.